The van der Waals surface area contributed by atoms with Crippen LogP contribution >= 0.6 is 11.3 Å². The Morgan fingerprint density at radius 3 is 2.69 bits per heavy atom. The van der Waals surface area contributed by atoms with Crippen molar-refractivity contribution in [3.63, 3.8) is 0 Å². The van der Waals surface area contributed by atoms with Crippen LogP contribution in [0.25, 0.3) is 27.2 Å². The van der Waals surface area contributed by atoms with E-state index in [-0.39, 0.29) is 12.0 Å². The van der Waals surface area contributed by atoms with Gasteiger partial charge in [0.2, 0.25) is 0 Å². The zero-order valence-corrected chi connectivity index (χ0v) is 20.8. The van der Waals surface area contributed by atoms with Crippen molar-refractivity contribution in [2.45, 2.75) is 25.9 Å². The Morgan fingerprint density at radius 1 is 1.08 bits per heavy atom. The lowest BCUT2D eigenvalue weighted by molar-refractivity contribution is 0.0918. The van der Waals surface area contributed by atoms with Crippen LogP contribution in [-0.2, 0) is 4.74 Å². The second kappa shape index (κ2) is 9.68. The largest absolute Gasteiger partial charge is 0.376 e. The van der Waals surface area contributed by atoms with Gasteiger partial charge in [-0.15, -0.1) is 0 Å². The van der Waals surface area contributed by atoms with Gasteiger partial charge in [-0.25, -0.2) is 9.67 Å². The lowest BCUT2D eigenvalue weighted by atomic mass is 10.0. The summed E-state index contributed by atoms with van der Waals surface area (Å²) in [5.74, 6) is -0.122. The van der Waals surface area contributed by atoms with Gasteiger partial charge in [-0.2, -0.15) is 5.10 Å². The fourth-order valence-corrected chi connectivity index (χ4v) is 5.58. The van der Waals surface area contributed by atoms with Crippen LogP contribution in [-0.4, -0.2) is 39.9 Å². The molecule has 1 atom stereocenters. The van der Waals surface area contributed by atoms with Crippen molar-refractivity contribution in [3.8, 4) is 16.9 Å². The third-order valence-electron chi connectivity index (χ3n) is 6.43. The Bertz CT molecular complexity index is 1490. The van der Waals surface area contributed by atoms with E-state index in [1.165, 1.54) is 11.3 Å². The number of hydrogen-bond donors (Lipinski definition) is 0. The van der Waals surface area contributed by atoms with Gasteiger partial charge < -0.3 is 4.74 Å². The monoisotopic (exact) mass is 494 g/mol. The van der Waals surface area contributed by atoms with Crippen LogP contribution in [0.4, 0.5) is 5.13 Å². The molecule has 0 bridgehead atoms. The van der Waals surface area contributed by atoms with Gasteiger partial charge in [0.05, 0.1) is 34.1 Å². The summed E-state index contributed by atoms with van der Waals surface area (Å²) >= 11 is 1.53. The summed E-state index contributed by atoms with van der Waals surface area (Å²) in [4.78, 5) is 20.9. The molecule has 3 aromatic carbocycles. The molecule has 36 heavy (non-hydrogen) atoms. The number of para-hydroxylation sites is 2. The Hall–Kier alpha value is -3.81. The molecule has 1 amide bonds. The van der Waals surface area contributed by atoms with Gasteiger partial charge in [-0.3, -0.25) is 9.69 Å². The fraction of sp³-hybridized carbons (Fsp3) is 0.207. The van der Waals surface area contributed by atoms with E-state index < -0.39 is 0 Å². The number of nitrogens with zero attached hydrogens (tertiary/aromatic N) is 4. The van der Waals surface area contributed by atoms with Crippen molar-refractivity contribution in [2.75, 3.05) is 18.1 Å². The fourth-order valence-electron chi connectivity index (χ4n) is 4.61. The first-order valence-electron chi connectivity index (χ1n) is 12.2. The minimum absolute atomic E-state index is 0.00690. The van der Waals surface area contributed by atoms with Crippen molar-refractivity contribution in [1.29, 1.82) is 0 Å². The Balaban J connectivity index is 1.47. The van der Waals surface area contributed by atoms with Gasteiger partial charge in [0.15, 0.2) is 5.13 Å². The zero-order chi connectivity index (χ0) is 24.5. The minimum Gasteiger partial charge on any atom is -0.376 e. The maximum absolute atomic E-state index is 14.3. The molecule has 1 aliphatic heterocycles. The predicted octanol–water partition coefficient (Wildman–Crippen LogP) is 6.28. The number of carbonyl (C=O) groups is 1. The number of benzene rings is 3. The van der Waals surface area contributed by atoms with Gasteiger partial charge in [-0.1, -0.05) is 65.4 Å². The smallest absolute Gasteiger partial charge is 0.264 e. The number of amides is 1. The molecule has 6 nitrogen and oxygen atoms in total. The maximum Gasteiger partial charge on any atom is 0.264 e. The van der Waals surface area contributed by atoms with Crippen LogP contribution < -0.4 is 4.90 Å². The number of rotatable bonds is 6. The van der Waals surface area contributed by atoms with Crippen LogP contribution in [0.15, 0.2) is 85.1 Å². The first-order chi connectivity index (χ1) is 17.7. The standard InChI is InChI=1S/C29H26N4O2S/c1-20-9-7-10-21(17-20)27-24(19-33(31-27)22-11-3-2-4-12-22)28(34)32(18-23-13-8-16-35-23)29-30-25-14-5-6-15-26(25)36-29/h2-7,9-12,14-15,17,19,23H,8,13,16,18H2,1H3. The van der Waals surface area contributed by atoms with Crippen LogP contribution in [0.3, 0.4) is 0 Å². The number of thiazole rings is 1. The molecule has 3 heterocycles. The van der Waals surface area contributed by atoms with E-state index >= 15 is 0 Å². The second-order valence-electron chi connectivity index (χ2n) is 9.06. The number of aryl methyl sites for hydroxylation is 1. The molecule has 1 unspecified atom stereocenters. The molecule has 0 aliphatic carbocycles. The normalized spacial score (nSPS) is 15.4. The highest BCUT2D eigenvalue weighted by atomic mass is 32.1. The van der Waals surface area contributed by atoms with Gasteiger partial charge in [0, 0.05) is 18.4 Å². The first-order valence-corrected chi connectivity index (χ1v) is 13.0. The lowest BCUT2D eigenvalue weighted by Crippen LogP contribution is -2.37. The molecule has 0 saturated carbocycles. The van der Waals surface area contributed by atoms with Gasteiger partial charge >= 0.3 is 0 Å². The topological polar surface area (TPSA) is 60.2 Å². The van der Waals surface area contributed by atoms with E-state index in [2.05, 4.69) is 6.07 Å². The number of hydrogen-bond acceptors (Lipinski definition) is 5. The lowest BCUT2D eigenvalue weighted by Gasteiger charge is -2.23. The molecule has 6 rings (SSSR count). The van der Waals surface area contributed by atoms with Crippen molar-refractivity contribution >= 4 is 32.6 Å². The molecule has 1 aliphatic rings. The van der Waals surface area contributed by atoms with Crippen LogP contribution in [0.1, 0.15) is 28.8 Å². The van der Waals surface area contributed by atoms with Crippen molar-refractivity contribution in [1.82, 2.24) is 14.8 Å². The van der Waals surface area contributed by atoms with E-state index in [1.54, 1.807) is 9.58 Å². The molecule has 7 heteroatoms. The molecule has 1 saturated heterocycles. The van der Waals surface area contributed by atoms with Crippen molar-refractivity contribution in [2.24, 2.45) is 0 Å². The Kier molecular flexibility index (Phi) is 6.09. The van der Waals surface area contributed by atoms with Gasteiger partial charge in [0.1, 0.15) is 5.69 Å². The summed E-state index contributed by atoms with van der Waals surface area (Å²) in [7, 11) is 0. The van der Waals surface area contributed by atoms with E-state index in [9.17, 15) is 4.79 Å². The summed E-state index contributed by atoms with van der Waals surface area (Å²) in [5.41, 5.74) is 5.02. The number of fused-ring (bicyclic) bond motifs is 1. The summed E-state index contributed by atoms with van der Waals surface area (Å²) in [6, 6.07) is 26.0. The molecule has 1 fully saturated rings. The molecule has 180 valence electrons. The maximum atomic E-state index is 14.3. The number of carbonyl (C=O) groups excluding carboxylic acids is 1. The molecular formula is C29H26N4O2S. The second-order valence-corrected chi connectivity index (χ2v) is 10.1. The highest BCUT2D eigenvalue weighted by molar-refractivity contribution is 7.22. The summed E-state index contributed by atoms with van der Waals surface area (Å²) in [5, 5.41) is 5.56. The van der Waals surface area contributed by atoms with Crippen LogP contribution in [0, 0.1) is 6.92 Å². The highest BCUT2D eigenvalue weighted by Gasteiger charge is 2.30. The molecule has 5 aromatic rings. The average molecular weight is 495 g/mol. The van der Waals surface area contributed by atoms with Crippen molar-refractivity contribution in [3.05, 3.63) is 96.2 Å². The van der Waals surface area contributed by atoms with Gasteiger partial charge in [0.25, 0.3) is 5.91 Å². The number of aromatic nitrogens is 3. The third-order valence-corrected chi connectivity index (χ3v) is 7.49. The van der Waals surface area contributed by atoms with E-state index in [0.717, 1.165) is 46.5 Å². The van der Waals surface area contributed by atoms with E-state index in [0.29, 0.717) is 22.9 Å². The first kappa shape index (κ1) is 22.6. The Labute approximate surface area is 213 Å². The van der Waals surface area contributed by atoms with Crippen LogP contribution in [0.2, 0.25) is 0 Å². The summed E-state index contributed by atoms with van der Waals surface area (Å²) < 4.78 is 8.77. The average Bonchev–Trinajstić information content (AvgIpc) is 3.67. The highest BCUT2D eigenvalue weighted by Crippen LogP contribution is 2.33. The molecular weight excluding hydrogens is 468 g/mol. The molecule has 0 spiro atoms. The number of anilines is 1. The van der Waals surface area contributed by atoms with Crippen molar-refractivity contribution < 1.29 is 9.53 Å². The van der Waals surface area contributed by atoms with E-state index in [1.807, 2.05) is 85.9 Å². The zero-order valence-electron chi connectivity index (χ0n) is 20.0. The van der Waals surface area contributed by atoms with Gasteiger partial charge in [-0.05, 0) is 50.1 Å². The minimum atomic E-state index is -0.122. The SMILES string of the molecule is Cc1cccc(-c2nn(-c3ccccc3)cc2C(=O)N(CC2CCCO2)c2nc3ccccc3s2)c1. The Morgan fingerprint density at radius 2 is 1.92 bits per heavy atom. The summed E-state index contributed by atoms with van der Waals surface area (Å²) in [6.07, 6.45) is 3.77. The summed E-state index contributed by atoms with van der Waals surface area (Å²) in [6.45, 7) is 3.24. The van der Waals surface area contributed by atoms with E-state index in [4.69, 9.17) is 14.8 Å². The third kappa shape index (κ3) is 4.43. The molecule has 0 radical (unpaired) electrons. The number of ether oxygens (including phenoxy) is 1. The van der Waals surface area contributed by atoms with Crippen LogP contribution in [0.5, 0.6) is 0 Å². The molecule has 0 N–H and O–H groups in total. The molecule has 2 aromatic heterocycles. The predicted molar refractivity (Wildman–Crippen MR) is 144 cm³/mol. The quantitative estimate of drug-likeness (QED) is 0.279.